The molecule has 1 heterocycles. The highest BCUT2D eigenvalue weighted by Gasteiger charge is 2.09. The summed E-state index contributed by atoms with van der Waals surface area (Å²) in [5.74, 6) is 0.920. The van der Waals surface area contributed by atoms with E-state index in [1.54, 1.807) is 0 Å². The molecule has 0 saturated heterocycles. The zero-order valence-corrected chi connectivity index (χ0v) is 10.4. The predicted octanol–water partition coefficient (Wildman–Crippen LogP) is 2.02. The monoisotopic (exact) mass is 231 g/mol. The van der Waals surface area contributed by atoms with E-state index in [1.807, 2.05) is 43.7 Å². The molecule has 0 aliphatic heterocycles. The molecule has 0 unspecified atom stereocenters. The molecule has 1 amide bonds. The standard InChI is InChI=1S/C13H17N3O/c1-4-7-14-13(17)10-5-6-12-11(8-10)15-9(2)16(12)3/h5-6,8H,4,7H2,1-3H3,(H,14,17). The first kappa shape index (κ1) is 11.6. The summed E-state index contributed by atoms with van der Waals surface area (Å²) in [5, 5.41) is 2.86. The second-order valence-electron chi connectivity index (χ2n) is 4.18. The zero-order valence-electron chi connectivity index (χ0n) is 10.4. The fourth-order valence-electron chi connectivity index (χ4n) is 1.80. The molecule has 0 spiro atoms. The molecule has 0 fully saturated rings. The van der Waals surface area contributed by atoms with Gasteiger partial charge < -0.3 is 9.88 Å². The van der Waals surface area contributed by atoms with Gasteiger partial charge in [-0.25, -0.2) is 4.98 Å². The number of rotatable bonds is 3. The molecule has 0 saturated carbocycles. The summed E-state index contributed by atoms with van der Waals surface area (Å²) in [5.41, 5.74) is 2.59. The lowest BCUT2D eigenvalue weighted by molar-refractivity contribution is 0.0954. The number of aromatic nitrogens is 2. The van der Waals surface area contributed by atoms with Crippen molar-refractivity contribution in [2.75, 3.05) is 6.54 Å². The maximum absolute atomic E-state index is 11.8. The molecule has 1 aromatic heterocycles. The van der Waals surface area contributed by atoms with Gasteiger partial charge in [-0.15, -0.1) is 0 Å². The van der Waals surface area contributed by atoms with Crippen LogP contribution < -0.4 is 5.32 Å². The Morgan fingerprint density at radius 2 is 2.24 bits per heavy atom. The number of carbonyl (C=O) groups excluding carboxylic acids is 1. The Morgan fingerprint density at radius 1 is 1.47 bits per heavy atom. The average molecular weight is 231 g/mol. The minimum Gasteiger partial charge on any atom is -0.352 e. The third-order valence-corrected chi connectivity index (χ3v) is 2.90. The quantitative estimate of drug-likeness (QED) is 0.878. The van der Waals surface area contributed by atoms with Gasteiger partial charge in [0.05, 0.1) is 11.0 Å². The molecular formula is C13H17N3O. The summed E-state index contributed by atoms with van der Waals surface area (Å²) in [6.45, 7) is 4.69. The summed E-state index contributed by atoms with van der Waals surface area (Å²) >= 11 is 0. The van der Waals surface area contributed by atoms with Crippen molar-refractivity contribution in [3.05, 3.63) is 29.6 Å². The largest absolute Gasteiger partial charge is 0.352 e. The molecule has 0 aliphatic carbocycles. The van der Waals surface area contributed by atoms with Crippen LogP contribution in [0.3, 0.4) is 0 Å². The van der Waals surface area contributed by atoms with E-state index in [0.717, 1.165) is 23.3 Å². The molecule has 4 nitrogen and oxygen atoms in total. The maximum atomic E-state index is 11.8. The van der Waals surface area contributed by atoms with Gasteiger partial charge in [0.25, 0.3) is 5.91 Å². The number of nitrogens with zero attached hydrogens (tertiary/aromatic N) is 2. The van der Waals surface area contributed by atoms with Gasteiger partial charge in [-0.05, 0) is 31.5 Å². The van der Waals surface area contributed by atoms with Crippen LogP contribution in [0, 0.1) is 6.92 Å². The van der Waals surface area contributed by atoms with Gasteiger partial charge in [0.2, 0.25) is 0 Å². The SMILES string of the molecule is CCCNC(=O)c1ccc2c(c1)nc(C)n2C. The molecule has 17 heavy (non-hydrogen) atoms. The zero-order chi connectivity index (χ0) is 12.4. The lowest BCUT2D eigenvalue weighted by Gasteiger charge is -2.03. The topological polar surface area (TPSA) is 46.9 Å². The maximum Gasteiger partial charge on any atom is 0.251 e. The van der Waals surface area contributed by atoms with Gasteiger partial charge >= 0.3 is 0 Å². The first-order chi connectivity index (χ1) is 8.13. The van der Waals surface area contributed by atoms with E-state index in [2.05, 4.69) is 10.3 Å². The van der Waals surface area contributed by atoms with E-state index in [-0.39, 0.29) is 5.91 Å². The van der Waals surface area contributed by atoms with Crippen LogP contribution in [0.2, 0.25) is 0 Å². The number of hydrogen-bond acceptors (Lipinski definition) is 2. The van der Waals surface area contributed by atoms with Crippen LogP contribution in [0.25, 0.3) is 11.0 Å². The molecule has 0 atom stereocenters. The fraction of sp³-hybridized carbons (Fsp3) is 0.385. The van der Waals surface area contributed by atoms with E-state index in [1.165, 1.54) is 0 Å². The van der Waals surface area contributed by atoms with E-state index >= 15 is 0 Å². The third-order valence-electron chi connectivity index (χ3n) is 2.90. The van der Waals surface area contributed by atoms with Crippen molar-refractivity contribution in [1.82, 2.24) is 14.9 Å². The Morgan fingerprint density at radius 3 is 2.94 bits per heavy atom. The first-order valence-electron chi connectivity index (χ1n) is 5.84. The predicted molar refractivity (Wildman–Crippen MR) is 68.1 cm³/mol. The van der Waals surface area contributed by atoms with Crippen molar-refractivity contribution >= 4 is 16.9 Å². The minimum absolute atomic E-state index is 0.0305. The molecule has 0 bridgehead atoms. The van der Waals surface area contributed by atoms with Crippen LogP contribution >= 0.6 is 0 Å². The molecule has 4 heteroatoms. The molecule has 0 aliphatic rings. The average Bonchev–Trinajstić information content (AvgIpc) is 2.61. The smallest absolute Gasteiger partial charge is 0.251 e. The molecule has 90 valence electrons. The van der Waals surface area contributed by atoms with Crippen LogP contribution in [0.4, 0.5) is 0 Å². The van der Waals surface area contributed by atoms with Crippen LogP contribution in [0.15, 0.2) is 18.2 Å². The van der Waals surface area contributed by atoms with Crippen LogP contribution in [0.1, 0.15) is 29.5 Å². The Hall–Kier alpha value is -1.84. The minimum atomic E-state index is -0.0305. The van der Waals surface area contributed by atoms with E-state index in [0.29, 0.717) is 12.1 Å². The van der Waals surface area contributed by atoms with Gasteiger partial charge in [0, 0.05) is 19.2 Å². The van der Waals surface area contributed by atoms with Gasteiger partial charge in [-0.1, -0.05) is 6.92 Å². The van der Waals surface area contributed by atoms with Crippen molar-refractivity contribution in [3.8, 4) is 0 Å². The molecule has 1 N–H and O–H groups in total. The van der Waals surface area contributed by atoms with Crippen molar-refractivity contribution < 1.29 is 4.79 Å². The highest BCUT2D eigenvalue weighted by atomic mass is 16.1. The highest BCUT2D eigenvalue weighted by Crippen LogP contribution is 2.16. The Bertz CT molecular complexity index is 557. The molecule has 2 aromatic rings. The number of nitrogens with one attached hydrogen (secondary N) is 1. The van der Waals surface area contributed by atoms with Crippen LogP contribution in [-0.2, 0) is 7.05 Å². The highest BCUT2D eigenvalue weighted by molar-refractivity contribution is 5.97. The van der Waals surface area contributed by atoms with Crippen molar-refractivity contribution in [1.29, 1.82) is 0 Å². The molecule has 0 radical (unpaired) electrons. The lowest BCUT2D eigenvalue weighted by Crippen LogP contribution is -2.23. The summed E-state index contributed by atoms with van der Waals surface area (Å²) in [6, 6.07) is 5.62. The fourth-order valence-corrected chi connectivity index (χ4v) is 1.80. The van der Waals surface area contributed by atoms with Crippen LogP contribution in [0.5, 0.6) is 0 Å². The number of benzene rings is 1. The normalized spacial score (nSPS) is 10.8. The lowest BCUT2D eigenvalue weighted by atomic mass is 10.2. The molecular weight excluding hydrogens is 214 g/mol. The Labute approximate surface area is 101 Å². The van der Waals surface area contributed by atoms with Gasteiger partial charge in [0.15, 0.2) is 0 Å². The van der Waals surface area contributed by atoms with Crippen molar-refractivity contribution in [2.24, 2.45) is 7.05 Å². The van der Waals surface area contributed by atoms with E-state index < -0.39 is 0 Å². The molecule has 2 rings (SSSR count). The second kappa shape index (κ2) is 4.57. The number of aryl methyl sites for hydroxylation is 2. The van der Waals surface area contributed by atoms with E-state index in [9.17, 15) is 4.79 Å². The number of carbonyl (C=O) groups is 1. The van der Waals surface area contributed by atoms with Crippen molar-refractivity contribution in [2.45, 2.75) is 20.3 Å². The summed E-state index contributed by atoms with van der Waals surface area (Å²) in [6.07, 6.45) is 0.941. The van der Waals surface area contributed by atoms with Crippen molar-refractivity contribution in [3.63, 3.8) is 0 Å². The summed E-state index contributed by atoms with van der Waals surface area (Å²) in [7, 11) is 1.97. The molecule has 1 aromatic carbocycles. The Balaban J connectivity index is 2.35. The summed E-state index contributed by atoms with van der Waals surface area (Å²) < 4.78 is 2.02. The van der Waals surface area contributed by atoms with Gasteiger partial charge in [-0.3, -0.25) is 4.79 Å². The summed E-state index contributed by atoms with van der Waals surface area (Å²) in [4.78, 5) is 16.2. The number of imidazole rings is 1. The Kier molecular flexibility index (Phi) is 3.13. The van der Waals surface area contributed by atoms with Gasteiger partial charge in [-0.2, -0.15) is 0 Å². The first-order valence-corrected chi connectivity index (χ1v) is 5.84. The number of amides is 1. The second-order valence-corrected chi connectivity index (χ2v) is 4.18. The number of hydrogen-bond donors (Lipinski definition) is 1. The van der Waals surface area contributed by atoms with E-state index in [4.69, 9.17) is 0 Å². The van der Waals surface area contributed by atoms with Crippen LogP contribution in [-0.4, -0.2) is 22.0 Å². The number of fused-ring (bicyclic) bond motifs is 1. The van der Waals surface area contributed by atoms with Gasteiger partial charge in [0.1, 0.15) is 5.82 Å². The third kappa shape index (κ3) is 2.16.